The van der Waals surface area contributed by atoms with Gasteiger partial charge in [-0.15, -0.1) is 0 Å². The number of fused-ring (bicyclic) bond motifs is 1. The summed E-state index contributed by atoms with van der Waals surface area (Å²) in [7, 11) is 0. The van der Waals surface area contributed by atoms with Gasteiger partial charge in [0.25, 0.3) is 0 Å². The Morgan fingerprint density at radius 3 is 1.21 bits per heavy atom. The van der Waals surface area contributed by atoms with Gasteiger partial charge in [0, 0.05) is 0 Å². The molecule has 0 heterocycles. The first-order valence-corrected chi connectivity index (χ1v) is 15.2. The molecule has 0 aromatic heterocycles. The molecule has 5 aromatic rings. The number of benzene rings is 5. The first kappa shape index (κ1) is 25.4. The molecule has 0 saturated heterocycles. The van der Waals surface area contributed by atoms with Gasteiger partial charge in [-0.3, -0.25) is 0 Å². The first-order valence-electron chi connectivity index (χ1n) is 15.2. The van der Waals surface area contributed by atoms with Gasteiger partial charge in [0.15, 0.2) is 0 Å². The fourth-order valence-corrected chi connectivity index (χ4v) is 10.8. The van der Waals surface area contributed by atoms with Gasteiger partial charge in [0.05, 0.1) is 0 Å². The van der Waals surface area contributed by atoms with Gasteiger partial charge in [-0.2, -0.15) is 0 Å². The van der Waals surface area contributed by atoms with E-state index in [9.17, 15) is 0 Å². The Kier molecular flexibility index (Phi) is 4.55. The van der Waals surface area contributed by atoms with Crippen molar-refractivity contribution in [2.45, 2.75) is 126 Å². The maximum atomic E-state index is 2.62. The fourth-order valence-electron chi connectivity index (χ4n) is 10.8. The topological polar surface area (TPSA) is 0 Å². The van der Waals surface area contributed by atoms with Crippen LogP contribution in [0.4, 0.5) is 0 Å². The molecule has 0 heteroatoms. The number of aryl methyl sites for hydroxylation is 6. The van der Waals surface area contributed by atoms with E-state index >= 15 is 0 Å². The predicted octanol–water partition coefficient (Wildman–Crippen LogP) is 11.1. The predicted molar refractivity (Wildman–Crippen MR) is 173 cm³/mol. The van der Waals surface area contributed by atoms with Crippen molar-refractivity contribution >= 4 is 43.1 Å². The quantitative estimate of drug-likeness (QED) is 0.142. The standard InChI is InChI=1S/C39H46/c1-17-19(3)26-22(6)23(7)28-29-21(5)18(2)24(8)34-32(29)36-33-31(28)30(26)27(20(17)4)25(9)35(33)38(12,13)16-39(36,14)15-37(34,10)11/h15-16H2,1-14H3. The van der Waals surface area contributed by atoms with Gasteiger partial charge >= 0.3 is 0 Å². The van der Waals surface area contributed by atoms with Gasteiger partial charge in [0.1, 0.15) is 0 Å². The van der Waals surface area contributed by atoms with Crippen molar-refractivity contribution in [2.75, 3.05) is 0 Å². The van der Waals surface area contributed by atoms with Crippen LogP contribution in [0.15, 0.2) is 0 Å². The highest BCUT2D eigenvalue weighted by Crippen LogP contribution is 2.64. The van der Waals surface area contributed by atoms with Crippen molar-refractivity contribution in [3.05, 3.63) is 66.8 Å². The zero-order valence-electron chi connectivity index (χ0n) is 26.9. The van der Waals surface area contributed by atoms with Crippen molar-refractivity contribution < 1.29 is 0 Å². The summed E-state index contributed by atoms with van der Waals surface area (Å²) in [5.41, 5.74) is 18.8. The fraction of sp³-hybridized carbons (Fsp3) is 0.487. The lowest BCUT2D eigenvalue weighted by Gasteiger charge is -2.53. The number of rotatable bonds is 0. The molecule has 39 heavy (non-hydrogen) atoms. The molecule has 0 amide bonds. The summed E-state index contributed by atoms with van der Waals surface area (Å²) in [4.78, 5) is 0. The van der Waals surface area contributed by atoms with Gasteiger partial charge in [-0.25, -0.2) is 0 Å². The lowest BCUT2D eigenvalue weighted by atomic mass is 9.50. The van der Waals surface area contributed by atoms with Crippen LogP contribution in [-0.2, 0) is 16.2 Å². The van der Waals surface area contributed by atoms with Gasteiger partial charge < -0.3 is 0 Å². The molecule has 2 aliphatic rings. The molecule has 0 radical (unpaired) electrons. The van der Waals surface area contributed by atoms with Crippen molar-refractivity contribution in [3.8, 4) is 0 Å². The summed E-state index contributed by atoms with van der Waals surface area (Å²) in [5.74, 6) is 0. The molecule has 1 atom stereocenters. The van der Waals surface area contributed by atoms with E-state index in [1.54, 1.807) is 49.0 Å². The van der Waals surface area contributed by atoms with Crippen LogP contribution in [0.25, 0.3) is 43.1 Å². The average Bonchev–Trinajstić information content (AvgIpc) is 2.81. The maximum absolute atomic E-state index is 2.62. The minimum absolute atomic E-state index is 0.114. The average molecular weight is 515 g/mol. The Labute approximate surface area is 235 Å². The summed E-state index contributed by atoms with van der Waals surface area (Å²) in [6.45, 7) is 34.4. The third kappa shape index (κ3) is 2.59. The highest BCUT2D eigenvalue weighted by molar-refractivity contribution is 6.35. The molecule has 0 saturated carbocycles. The van der Waals surface area contributed by atoms with E-state index in [1.807, 2.05) is 0 Å². The minimum Gasteiger partial charge on any atom is -0.0557 e. The Morgan fingerprint density at radius 2 is 0.641 bits per heavy atom. The van der Waals surface area contributed by atoms with Crippen LogP contribution in [0, 0.1) is 62.3 Å². The maximum Gasteiger partial charge on any atom is -0.00110 e. The monoisotopic (exact) mass is 514 g/mol. The summed E-state index contributed by atoms with van der Waals surface area (Å²) < 4.78 is 0. The zero-order chi connectivity index (χ0) is 28.5. The van der Waals surface area contributed by atoms with Crippen LogP contribution in [-0.4, -0.2) is 0 Å². The van der Waals surface area contributed by atoms with E-state index in [4.69, 9.17) is 0 Å². The first-order chi connectivity index (χ1) is 18.0. The summed E-state index contributed by atoms with van der Waals surface area (Å²) in [6, 6.07) is 0. The highest BCUT2D eigenvalue weighted by atomic mass is 14.5. The summed E-state index contributed by atoms with van der Waals surface area (Å²) in [5, 5.41) is 12.5. The van der Waals surface area contributed by atoms with Crippen LogP contribution >= 0.6 is 0 Å². The van der Waals surface area contributed by atoms with Crippen LogP contribution in [0.5, 0.6) is 0 Å². The molecule has 5 aromatic carbocycles. The minimum atomic E-state index is 0.114. The summed E-state index contributed by atoms with van der Waals surface area (Å²) >= 11 is 0. The second-order valence-electron chi connectivity index (χ2n) is 15.4. The molecule has 0 nitrogen and oxygen atoms in total. The normalized spacial score (nSPS) is 21.4. The van der Waals surface area contributed by atoms with E-state index in [0.717, 1.165) is 0 Å². The molecule has 0 bridgehead atoms. The lowest BCUT2D eigenvalue weighted by Crippen LogP contribution is -2.44. The van der Waals surface area contributed by atoms with Gasteiger partial charge in [-0.05, 0) is 201 Å². The number of hydrogen-bond donors (Lipinski definition) is 0. The second-order valence-corrected chi connectivity index (χ2v) is 15.4. The second kappa shape index (κ2) is 6.99. The molecule has 0 fully saturated rings. The molecule has 0 aliphatic heterocycles. The van der Waals surface area contributed by atoms with Crippen molar-refractivity contribution in [3.63, 3.8) is 0 Å². The lowest BCUT2D eigenvalue weighted by molar-refractivity contribution is 0.245. The molecular weight excluding hydrogens is 468 g/mol. The molecule has 1 unspecified atom stereocenters. The Bertz CT molecular complexity index is 1990. The highest BCUT2D eigenvalue weighted by Gasteiger charge is 2.51. The van der Waals surface area contributed by atoms with E-state index < -0.39 is 0 Å². The zero-order valence-corrected chi connectivity index (χ0v) is 26.9. The van der Waals surface area contributed by atoms with E-state index in [1.165, 1.54) is 73.7 Å². The molecule has 7 rings (SSSR count). The van der Waals surface area contributed by atoms with Gasteiger partial charge in [0.2, 0.25) is 0 Å². The molecule has 0 N–H and O–H groups in total. The Balaban J connectivity index is 2.03. The Morgan fingerprint density at radius 1 is 0.308 bits per heavy atom. The molecular formula is C39H46. The molecule has 0 spiro atoms. The van der Waals surface area contributed by atoms with Crippen LogP contribution in [0.2, 0.25) is 0 Å². The van der Waals surface area contributed by atoms with Crippen molar-refractivity contribution in [2.24, 2.45) is 0 Å². The summed E-state index contributed by atoms with van der Waals surface area (Å²) in [6.07, 6.45) is 2.43. The van der Waals surface area contributed by atoms with E-state index in [-0.39, 0.29) is 16.2 Å². The largest absolute Gasteiger partial charge is 0.0557 e. The SMILES string of the molecule is Cc1c(C)c(C)c2c3c1C(C)(C)CC1(C)CC(C)(C)c4c(C)c5c(C)c(C)c(C)c6c(C)c(C)c2c(c4c31)c56. The molecule has 202 valence electrons. The van der Waals surface area contributed by atoms with Crippen molar-refractivity contribution in [1.82, 2.24) is 0 Å². The van der Waals surface area contributed by atoms with E-state index in [2.05, 4.69) is 96.9 Å². The van der Waals surface area contributed by atoms with E-state index in [0.29, 0.717) is 0 Å². The van der Waals surface area contributed by atoms with Gasteiger partial charge in [-0.1, -0.05) is 34.6 Å². The smallest absolute Gasteiger partial charge is 0.00110 e. The van der Waals surface area contributed by atoms with Crippen LogP contribution < -0.4 is 0 Å². The third-order valence-corrected chi connectivity index (χ3v) is 12.2. The van der Waals surface area contributed by atoms with Crippen molar-refractivity contribution in [1.29, 1.82) is 0 Å². The van der Waals surface area contributed by atoms with Crippen LogP contribution in [0.3, 0.4) is 0 Å². The molecule has 2 aliphatic carbocycles. The Hall–Kier alpha value is -2.60. The number of hydrogen-bond acceptors (Lipinski definition) is 0. The van der Waals surface area contributed by atoms with Crippen LogP contribution in [0.1, 0.15) is 114 Å². The third-order valence-electron chi connectivity index (χ3n) is 12.2.